The van der Waals surface area contributed by atoms with Gasteiger partial charge in [-0.15, -0.1) is 11.3 Å². The van der Waals surface area contributed by atoms with Crippen LogP contribution in [-0.4, -0.2) is 37.4 Å². The van der Waals surface area contributed by atoms with E-state index in [2.05, 4.69) is 20.8 Å². The number of hydrogen-bond donors (Lipinski definition) is 0. The topological polar surface area (TPSA) is 55.8 Å². The number of carbonyl (C=O) groups is 2. The average molecular weight is 370 g/mol. The van der Waals surface area contributed by atoms with E-state index in [9.17, 15) is 9.59 Å². The third-order valence-corrected chi connectivity index (χ3v) is 10.3. The van der Waals surface area contributed by atoms with Gasteiger partial charge in [-0.25, -0.2) is 9.69 Å². The van der Waals surface area contributed by atoms with Crippen LogP contribution in [0.3, 0.4) is 0 Å². The predicted octanol–water partition coefficient (Wildman–Crippen LogP) is 4.57. The van der Waals surface area contributed by atoms with Crippen molar-refractivity contribution in [3.63, 3.8) is 0 Å². The summed E-state index contributed by atoms with van der Waals surface area (Å²) in [6, 6.07) is 6.42. The molecular weight excluding hydrogens is 342 g/mol. The standard InChI is InChI=1S/C17H27NO4SSi/c1-6-24(7-2,8-3)22-15-14(13-10-9-11-23-13)18(16(15)19)17(20)21-12(4)5/h9-12,14-15H,6-8H2,1-5H3/t14-,15+/m0/s1. The monoisotopic (exact) mass is 369 g/mol. The van der Waals surface area contributed by atoms with E-state index in [0.717, 1.165) is 23.0 Å². The number of thiophene rings is 1. The normalized spacial score (nSPS) is 21.1. The van der Waals surface area contributed by atoms with Crippen molar-refractivity contribution in [1.29, 1.82) is 0 Å². The van der Waals surface area contributed by atoms with Gasteiger partial charge in [-0.3, -0.25) is 4.79 Å². The fourth-order valence-electron chi connectivity index (χ4n) is 3.04. The molecule has 2 amide bonds. The summed E-state index contributed by atoms with van der Waals surface area (Å²) in [4.78, 5) is 27.1. The van der Waals surface area contributed by atoms with Gasteiger partial charge in [0, 0.05) is 4.88 Å². The molecule has 2 heterocycles. The number of imide groups is 1. The highest BCUT2D eigenvalue weighted by Gasteiger charge is 2.56. The molecule has 2 atom stereocenters. The predicted molar refractivity (Wildman–Crippen MR) is 97.6 cm³/mol. The zero-order chi connectivity index (χ0) is 17.9. The summed E-state index contributed by atoms with van der Waals surface area (Å²) in [7, 11) is -1.94. The Balaban J connectivity index is 2.25. The van der Waals surface area contributed by atoms with Gasteiger partial charge >= 0.3 is 6.09 Å². The maximum absolute atomic E-state index is 12.6. The Hall–Kier alpha value is -1.18. The van der Waals surface area contributed by atoms with Gasteiger partial charge < -0.3 is 9.16 Å². The summed E-state index contributed by atoms with van der Waals surface area (Å²) < 4.78 is 11.6. The molecular formula is C17H27NO4SSi. The van der Waals surface area contributed by atoms with E-state index in [1.165, 1.54) is 16.2 Å². The van der Waals surface area contributed by atoms with Crippen molar-refractivity contribution in [2.24, 2.45) is 0 Å². The molecule has 1 aliphatic heterocycles. The van der Waals surface area contributed by atoms with Gasteiger partial charge in [0.1, 0.15) is 6.04 Å². The highest BCUT2D eigenvalue weighted by molar-refractivity contribution is 7.10. The second-order valence-corrected chi connectivity index (χ2v) is 12.1. The molecule has 0 spiro atoms. The fourth-order valence-corrected chi connectivity index (χ4v) is 6.65. The Morgan fingerprint density at radius 3 is 2.38 bits per heavy atom. The lowest BCUT2D eigenvalue weighted by Crippen LogP contribution is -2.64. The number of rotatable bonds is 7. The summed E-state index contributed by atoms with van der Waals surface area (Å²) in [6.45, 7) is 9.95. The minimum Gasteiger partial charge on any atom is -0.446 e. The lowest BCUT2D eigenvalue weighted by atomic mass is 9.97. The molecule has 0 saturated carbocycles. The van der Waals surface area contributed by atoms with Crippen LogP contribution < -0.4 is 0 Å². The molecule has 1 saturated heterocycles. The molecule has 0 radical (unpaired) electrons. The number of nitrogens with zero attached hydrogens (tertiary/aromatic N) is 1. The number of likely N-dealkylation sites (tertiary alicyclic amines) is 1. The van der Waals surface area contributed by atoms with Crippen LogP contribution in [0.15, 0.2) is 17.5 Å². The lowest BCUT2D eigenvalue weighted by Gasteiger charge is -2.47. The second kappa shape index (κ2) is 7.80. The van der Waals surface area contributed by atoms with Crippen LogP contribution in [-0.2, 0) is 14.0 Å². The van der Waals surface area contributed by atoms with E-state index >= 15 is 0 Å². The first-order valence-electron chi connectivity index (χ1n) is 8.64. The summed E-state index contributed by atoms with van der Waals surface area (Å²) in [5.74, 6) is -0.272. The molecule has 1 aromatic heterocycles. The van der Waals surface area contributed by atoms with Gasteiger partial charge in [0.25, 0.3) is 5.91 Å². The first-order chi connectivity index (χ1) is 11.4. The minimum absolute atomic E-state index is 0.260. The zero-order valence-electron chi connectivity index (χ0n) is 15.1. The van der Waals surface area contributed by atoms with Crippen molar-refractivity contribution in [3.8, 4) is 0 Å². The number of amides is 2. The van der Waals surface area contributed by atoms with Crippen molar-refractivity contribution >= 4 is 31.7 Å². The van der Waals surface area contributed by atoms with Crippen LogP contribution in [0.5, 0.6) is 0 Å². The number of ether oxygens (including phenoxy) is 1. The molecule has 1 aromatic rings. The SMILES string of the molecule is CC[Si](CC)(CC)O[C@H]1C(=O)N(C(=O)OC(C)C)[C@H]1c1cccs1. The number of hydrogen-bond acceptors (Lipinski definition) is 5. The molecule has 0 N–H and O–H groups in total. The molecule has 134 valence electrons. The van der Waals surface area contributed by atoms with E-state index in [-0.39, 0.29) is 18.1 Å². The van der Waals surface area contributed by atoms with Crippen molar-refractivity contribution < 1.29 is 18.8 Å². The van der Waals surface area contributed by atoms with Crippen LogP contribution in [0.4, 0.5) is 4.79 Å². The summed E-state index contributed by atoms with van der Waals surface area (Å²) in [5, 5.41) is 1.95. The Morgan fingerprint density at radius 1 is 1.29 bits per heavy atom. The van der Waals surface area contributed by atoms with E-state index in [1.807, 2.05) is 17.5 Å². The van der Waals surface area contributed by atoms with Gasteiger partial charge in [0.15, 0.2) is 14.4 Å². The van der Waals surface area contributed by atoms with Crippen molar-refractivity contribution in [2.75, 3.05) is 0 Å². The van der Waals surface area contributed by atoms with Crippen LogP contribution in [0.1, 0.15) is 45.5 Å². The number of carbonyl (C=O) groups excluding carboxylic acids is 2. The molecule has 24 heavy (non-hydrogen) atoms. The van der Waals surface area contributed by atoms with Crippen molar-refractivity contribution in [3.05, 3.63) is 22.4 Å². The summed E-state index contributed by atoms with van der Waals surface area (Å²) in [5.41, 5.74) is 0. The highest BCUT2D eigenvalue weighted by Crippen LogP contribution is 2.42. The number of β-lactam (4-membered cyclic amide) rings is 1. The molecule has 0 unspecified atom stereocenters. The lowest BCUT2D eigenvalue weighted by molar-refractivity contribution is -0.161. The molecule has 7 heteroatoms. The average Bonchev–Trinajstić information content (AvgIpc) is 3.06. The molecule has 1 fully saturated rings. The minimum atomic E-state index is -1.94. The molecule has 0 aliphatic carbocycles. The van der Waals surface area contributed by atoms with Gasteiger partial charge in [-0.2, -0.15) is 0 Å². The molecule has 1 aliphatic rings. The Morgan fingerprint density at radius 2 is 1.92 bits per heavy atom. The zero-order valence-corrected chi connectivity index (χ0v) is 16.9. The van der Waals surface area contributed by atoms with Crippen LogP contribution in [0.25, 0.3) is 0 Å². The Labute approximate surface area is 149 Å². The maximum Gasteiger partial charge on any atom is 0.417 e. The van der Waals surface area contributed by atoms with E-state index in [1.54, 1.807) is 13.8 Å². The van der Waals surface area contributed by atoms with Gasteiger partial charge in [0.05, 0.1) is 6.10 Å². The first kappa shape index (κ1) is 19.1. The van der Waals surface area contributed by atoms with E-state index < -0.39 is 20.5 Å². The third kappa shape index (κ3) is 3.58. The second-order valence-electron chi connectivity index (χ2n) is 6.38. The van der Waals surface area contributed by atoms with Gasteiger partial charge in [-0.05, 0) is 43.4 Å². The highest BCUT2D eigenvalue weighted by atomic mass is 32.1. The van der Waals surface area contributed by atoms with E-state index in [0.29, 0.717) is 0 Å². The van der Waals surface area contributed by atoms with Crippen molar-refractivity contribution in [2.45, 2.75) is 71.0 Å². The van der Waals surface area contributed by atoms with E-state index in [4.69, 9.17) is 9.16 Å². The van der Waals surface area contributed by atoms with Crippen molar-refractivity contribution in [1.82, 2.24) is 4.90 Å². The molecule has 5 nitrogen and oxygen atoms in total. The van der Waals surface area contributed by atoms with Gasteiger partial charge in [-0.1, -0.05) is 26.8 Å². The summed E-state index contributed by atoms with van der Waals surface area (Å²) in [6.07, 6.45) is -1.40. The Bertz CT molecular complexity index is 563. The van der Waals surface area contributed by atoms with Crippen LogP contribution in [0.2, 0.25) is 18.1 Å². The maximum atomic E-state index is 12.6. The first-order valence-corrected chi connectivity index (χ1v) is 12.0. The van der Waals surface area contributed by atoms with Crippen LogP contribution >= 0.6 is 11.3 Å². The molecule has 2 rings (SSSR count). The third-order valence-electron chi connectivity index (χ3n) is 4.72. The molecule has 0 bridgehead atoms. The summed E-state index contributed by atoms with van der Waals surface area (Å²) >= 11 is 1.54. The Kier molecular flexibility index (Phi) is 6.22. The fraction of sp³-hybridized carbons (Fsp3) is 0.647. The smallest absolute Gasteiger partial charge is 0.417 e. The van der Waals surface area contributed by atoms with Crippen LogP contribution in [0, 0.1) is 0 Å². The quantitative estimate of drug-likeness (QED) is 0.522. The largest absolute Gasteiger partial charge is 0.446 e. The molecule has 0 aromatic carbocycles. The van der Waals surface area contributed by atoms with Gasteiger partial charge in [0.2, 0.25) is 0 Å².